The van der Waals surface area contributed by atoms with Gasteiger partial charge in [0.15, 0.2) is 6.29 Å². The molecule has 0 bridgehead atoms. The van der Waals surface area contributed by atoms with E-state index in [1.165, 1.54) is 0 Å². The minimum atomic E-state index is -5.21. The van der Waals surface area contributed by atoms with Gasteiger partial charge in [0.1, 0.15) is 24.4 Å². The Bertz CT molecular complexity index is 399. The van der Waals surface area contributed by atoms with Gasteiger partial charge in [-0.3, -0.25) is 9.05 Å². The van der Waals surface area contributed by atoms with Crippen molar-refractivity contribution >= 4 is 21.9 Å². The molecule has 0 aliphatic heterocycles. The van der Waals surface area contributed by atoms with Crippen molar-refractivity contribution in [3.63, 3.8) is 0 Å². The standard InChI is InChI=1S/C6H14O12P2/c7-1-3(8)5(9)6(10)4(18-20(14,15)16)2-17-19(11,12)13/h1,3-6,8-10H,2H2,(H2,11,12,13)(H2,14,15,16)/t3-,4+,5-,6+/m1/s1. The zero-order valence-electron chi connectivity index (χ0n) is 9.66. The van der Waals surface area contributed by atoms with Crippen LogP contribution in [0, 0.1) is 0 Å². The molecule has 0 saturated carbocycles. The molecule has 0 radical (unpaired) electrons. The fraction of sp³-hybridized carbons (Fsp3) is 0.833. The normalized spacial score (nSPS) is 19.1. The van der Waals surface area contributed by atoms with Gasteiger partial charge in [-0.15, -0.1) is 0 Å². The van der Waals surface area contributed by atoms with Crippen molar-refractivity contribution < 1.29 is 57.9 Å². The molecule has 0 aliphatic rings. The Morgan fingerprint density at radius 3 is 1.80 bits per heavy atom. The van der Waals surface area contributed by atoms with E-state index >= 15 is 0 Å². The molecule has 0 amide bonds. The maximum absolute atomic E-state index is 10.6. The van der Waals surface area contributed by atoms with E-state index in [0.29, 0.717) is 0 Å². The van der Waals surface area contributed by atoms with Gasteiger partial charge in [0.25, 0.3) is 0 Å². The van der Waals surface area contributed by atoms with E-state index in [2.05, 4.69) is 9.05 Å². The van der Waals surface area contributed by atoms with Crippen LogP contribution >= 0.6 is 15.6 Å². The molecule has 7 N–H and O–H groups in total. The third-order valence-electron chi connectivity index (χ3n) is 1.90. The van der Waals surface area contributed by atoms with Gasteiger partial charge in [-0.1, -0.05) is 0 Å². The molecule has 14 heteroatoms. The lowest BCUT2D eigenvalue weighted by atomic mass is 10.0. The minimum Gasteiger partial charge on any atom is -0.387 e. The predicted octanol–water partition coefficient (Wildman–Crippen LogP) is -3.14. The molecule has 0 aromatic rings. The second-order valence-corrected chi connectivity index (χ2v) is 5.96. The molecule has 120 valence electrons. The first-order valence-corrected chi connectivity index (χ1v) is 7.87. The molecule has 0 aromatic carbocycles. The molecule has 0 spiro atoms. The van der Waals surface area contributed by atoms with Gasteiger partial charge in [0.05, 0.1) is 6.61 Å². The molecule has 0 saturated heterocycles. The van der Waals surface area contributed by atoms with E-state index in [1.807, 2.05) is 0 Å². The maximum atomic E-state index is 10.6. The molecule has 0 aliphatic carbocycles. The summed E-state index contributed by atoms with van der Waals surface area (Å²) in [7, 11) is -10.3. The second kappa shape index (κ2) is 7.69. The molecule has 20 heavy (non-hydrogen) atoms. The molecule has 12 nitrogen and oxygen atoms in total. The number of aldehydes is 1. The number of carbonyl (C=O) groups is 1. The van der Waals surface area contributed by atoms with Crippen molar-refractivity contribution in [2.45, 2.75) is 24.4 Å². The molecule has 0 heterocycles. The van der Waals surface area contributed by atoms with Gasteiger partial charge in [-0.05, 0) is 0 Å². The van der Waals surface area contributed by atoms with Crippen LogP contribution in [-0.2, 0) is 23.0 Å². The summed E-state index contributed by atoms with van der Waals surface area (Å²) in [5.41, 5.74) is 0. The highest BCUT2D eigenvalue weighted by Crippen LogP contribution is 2.41. The van der Waals surface area contributed by atoms with Gasteiger partial charge in [-0.25, -0.2) is 9.13 Å². The number of carbonyl (C=O) groups excluding carboxylic acids is 1. The fourth-order valence-corrected chi connectivity index (χ4v) is 1.92. The van der Waals surface area contributed by atoms with Crippen LogP contribution in [0.15, 0.2) is 0 Å². The topological polar surface area (TPSA) is 211 Å². The SMILES string of the molecule is O=C[C@@H](O)[C@@H](O)[C@@H](O)[C@H](COP(=O)(O)O)OP(=O)(O)O. The fourth-order valence-electron chi connectivity index (χ4n) is 1.04. The van der Waals surface area contributed by atoms with E-state index in [1.54, 1.807) is 0 Å². The summed E-state index contributed by atoms with van der Waals surface area (Å²) in [6.45, 7) is -1.22. The first-order valence-electron chi connectivity index (χ1n) is 4.81. The lowest BCUT2D eigenvalue weighted by molar-refractivity contribution is -0.135. The predicted molar refractivity (Wildman–Crippen MR) is 59.0 cm³/mol. The lowest BCUT2D eigenvalue weighted by Gasteiger charge is -2.27. The van der Waals surface area contributed by atoms with E-state index in [9.17, 15) is 24.1 Å². The second-order valence-electron chi connectivity index (χ2n) is 3.53. The summed E-state index contributed by atoms with van der Waals surface area (Å²) in [5, 5.41) is 27.7. The molecular formula is C6H14O12P2. The molecule has 0 fully saturated rings. The van der Waals surface area contributed by atoms with Crippen LogP contribution in [0.4, 0.5) is 0 Å². The number of aliphatic hydroxyl groups is 3. The van der Waals surface area contributed by atoms with Gasteiger partial charge in [0.2, 0.25) is 0 Å². The minimum absolute atomic E-state index is 0.174. The number of hydrogen-bond donors (Lipinski definition) is 7. The number of hydrogen-bond acceptors (Lipinski definition) is 8. The third-order valence-corrected chi connectivity index (χ3v) is 2.93. The smallest absolute Gasteiger partial charge is 0.387 e. The van der Waals surface area contributed by atoms with Crippen LogP contribution in [0.3, 0.4) is 0 Å². The van der Waals surface area contributed by atoms with Crippen molar-refractivity contribution in [2.75, 3.05) is 6.61 Å². The monoisotopic (exact) mass is 340 g/mol. The quantitative estimate of drug-likeness (QED) is 0.164. The first kappa shape index (κ1) is 19.8. The van der Waals surface area contributed by atoms with Gasteiger partial charge in [-0.2, -0.15) is 0 Å². The van der Waals surface area contributed by atoms with Gasteiger partial charge in [0, 0.05) is 0 Å². The van der Waals surface area contributed by atoms with Crippen LogP contribution in [0.25, 0.3) is 0 Å². The lowest BCUT2D eigenvalue weighted by Crippen LogP contribution is -2.47. The maximum Gasteiger partial charge on any atom is 0.470 e. The van der Waals surface area contributed by atoms with Crippen LogP contribution < -0.4 is 0 Å². The molecule has 0 unspecified atom stereocenters. The average molecular weight is 340 g/mol. The van der Waals surface area contributed by atoms with Crippen molar-refractivity contribution in [3.8, 4) is 0 Å². The molecule has 4 atom stereocenters. The highest BCUT2D eigenvalue weighted by Gasteiger charge is 2.37. The highest BCUT2D eigenvalue weighted by molar-refractivity contribution is 7.46. The molecule has 0 aromatic heterocycles. The van der Waals surface area contributed by atoms with E-state index in [4.69, 9.17) is 24.7 Å². The van der Waals surface area contributed by atoms with Gasteiger partial charge >= 0.3 is 15.6 Å². The van der Waals surface area contributed by atoms with Crippen LogP contribution in [0.2, 0.25) is 0 Å². The van der Waals surface area contributed by atoms with Crippen molar-refractivity contribution in [1.82, 2.24) is 0 Å². The van der Waals surface area contributed by atoms with Gasteiger partial charge < -0.3 is 39.7 Å². The summed E-state index contributed by atoms with van der Waals surface area (Å²) in [5.74, 6) is 0. The Labute approximate surface area is 112 Å². The number of rotatable bonds is 9. The van der Waals surface area contributed by atoms with Crippen LogP contribution in [0.5, 0.6) is 0 Å². The van der Waals surface area contributed by atoms with E-state index in [0.717, 1.165) is 0 Å². The zero-order chi connectivity index (χ0) is 16.1. The Balaban J connectivity index is 4.95. The Morgan fingerprint density at radius 2 is 1.45 bits per heavy atom. The Kier molecular flexibility index (Phi) is 7.60. The summed E-state index contributed by atoms with van der Waals surface area (Å²) < 4.78 is 28.9. The molecular weight excluding hydrogens is 326 g/mol. The van der Waals surface area contributed by atoms with E-state index in [-0.39, 0.29) is 6.29 Å². The molecule has 0 rings (SSSR count). The summed E-state index contributed by atoms with van der Waals surface area (Å²) >= 11 is 0. The van der Waals surface area contributed by atoms with Crippen molar-refractivity contribution in [1.29, 1.82) is 0 Å². The third kappa shape index (κ3) is 8.15. The summed E-state index contributed by atoms with van der Waals surface area (Å²) in [6, 6.07) is 0. The Morgan fingerprint density at radius 1 is 0.950 bits per heavy atom. The number of aliphatic hydroxyl groups excluding tert-OH is 3. The first-order chi connectivity index (χ1) is 8.87. The highest BCUT2D eigenvalue weighted by atomic mass is 31.2. The van der Waals surface area contributed by atoms with Crippen LogP contribution in [0.1, 0.15) is 0 Å². The zero-order valence-corrected chi connectivity index (χ0v) is 11.4. The van der Waals surface area contributed by atoms with Crippen molar-refractivity contribution in [2.24, 2.45) is 0 Å². The largest absolute Gasteiger partial charge is 0.470 e. The van der Waals surface area contributed by atoms with Crippen molar-refractivity contribution in [3.05, 3.63) is 0 Å². The number of phosphoric acid groups is 2. The number of phosphoric ester groups is 2. The van der Waals surface area contributed by atoms with Crippen LogP contribution in [-0.4, -0.2) is 72.2 Å². The Hall–Kier alpha value is -0.230. The summed E-state index contributed by atoms with van der Waals surface area (Å²) in [6.07, 6.45) is -8.89. The van der Waals surface area contributed by atoms with E-state index < -0.39 is 46.7 Å². The summed E-state index contributed by atoms with van der Waals surface area (Å²) in [4.78, 5) is 44.2. The average Bonchev–Trinajstić information content (AvgIpc) is 2.29.